The smallest absolute Gasteiger partial charge is 0.200 e. The molecule has 2 atom stereocenters. The molecule has 0 fully saturated rings. The molecule has 1 rings (SSSR count). The SMILES string of the molecule is CCC(C)C(N)c1c(F)c(F)c(F)c(F)c1F. The molecule has 17 heavy (non-hydrogen) atoms. The first-order valence-electron chi connectivity index (χ1n) is 5.09. The Labute approximate surface area is 95.4 Å². The van der Waals surface area contributed by atoms with Crippen LogP contribution in [0.5, 0.6) is 0 Å². The van der Waals surface area contributed by atoms with Crippen molar-refractivity contribution in [3.05, 3.63) is 34.6 Å². The summed E-state index contributed by atoms with van der Waals surface area (Å²) in [4.78, 5) is 0. The number of rotatable bonds is 3. The lowest BCUT2D eigenvalue weighted by Crippen LogP contribution is -2.23. The highest BCUT2D eigenvalue weighted by atomic mass is 19.2. The summed E-state index contributed by atoms with van der Waals surface area (Å²) >= 11 is 0. The molecule has 2 N–H and O–H groups in total. The molecule has 0 aromatic heterocycles. The van der Waals surface area contributed by atoms with E-state index in [2.05, 4.69) is 0 Å². The van der Waals surface area contributed by atoms with Crippen molar-refractivity contribution >= 4 is 0 Å². The molecule has 0 amide bonds. The maximum Gasteiger partial charge on any atom is 0.200 e. The van der Waals surface area contributed by atoms with E-state index in [1.807, 2.05) is 0 Å². The Morgan fingerprint density at radius 1 is 0.882 bits per heavy atom. The van der Waals surface area contributed by atoms with Crippen molar-refractivity contribution in [1.29, 1.82) is 0 Å². The van der Waals surface area contributed by atoms with E-state index in [1.54, 1.807) is 13.8 Å². The molecule has 2 unspecified atom stereocenters. The van der Waals surface area contributed by atoms with E-state index >= 15 is 0 Å². The number of halogens is 5. The molecular formula is C11H12F5N. The van der Waals surface area contributed by atoms with Gasteiger partial charge in [-0.2, -0.15) is 0 Å². The van der Waals surface area contributed by atoms with Crippen LogP contribution in [0.4, 0.5) is 22.0 Å². The second kappa shape index (κ2) is 5.00. The highest BCUT2D eigenvalue weighted by Gasteiger charge is 2.30. The fourth-order valence-electron chi connectivity index (χ4n) is 1.45. The molecule has 0 radical (unpaired) electrons. The minimum atomic E-state index is -2.17. The van der Waals surface area contributed by atoms with Crippen LogP contribution in [-0.2, 0) is 0 Å². The Morgan fingerprint density at radius 2 is 1.24 bits per heavy atom. The molecule has 0 saturated heterocycles. The monoisotopic (exact) mass is 253 g/mol. The van der Waals surface area contributed by atoms with E-state index in [0.29, 0.717) is 6.42 Å². The molecule has 1 aromatic carbocycles. The molecule has 1 aromatic rings. The average Bonchev–Trinajstić information content (AvgIpc) is 2.32. The first kappa shape index (κ1) is 13.9. The van der Waals surface area contributed by atoms with Crippen molar-refractivity contribution in [2.75, 3.05) is 0 Å². The third-order valence-corrected chi connectivity index (χ3v) is 2.83. The fraction of sp³-hybridized carbons (Fsp3) is 0.455. The van der Waals surface area contributed by atoms with Gasteiger partial charge in [-0.05, 0) is 5.92 Å². The molecule has 0 spiro atoms. The topological polar surface area (TPSA) is 26.0 Å². The third kappa shape index (κ3) is 2.26. The summed E-state index contributed by atoms with van der Waals surface area (Å²) in [5.41, 5.74) is 4.55. The van der Waals surface area contributed by atoms with Crippen LogP contribution in [0.2, 0.25) is 0 Å². The molecule has 6 heteroatoms. The zero-order valence-electron chi connectivity index (χ0n) is 9.33. The quantitative estimate of drug-likeness (QED) is 0.498. The van der Waals surface area contributed by atoms with Crippen LogP contribution in [0.1, 0.15) is 31.9 Å². The van der Waals surface area contributed by atoms with Crippen LogP contribution >= 0.6 is 0 Å². The second-order valence-corrected chi connectivity index (χ2v) is 3.89. The molecule has 96 valence electrons. The summed E-state index contributed by atoms with van der Waals surface area (Å²) in [5, 5.41) is 0. The van der Waals surface area contributed by atoms with E-state index in [4.69, 9.17) is 5.73 Å². The van der Waals surface area contributed by atoms with Gasteiger partial charge in [0.05, 0.1) is 0 Å². The highest BCUT2D eigenvalue weighted by molar-refractivity contribution is 5.27. The molecule has 0 aliphatic heterocycles. The van der Waals surface area contributed by atoms with Gasteiger partial charge < -0.3 is 5.73 Å². The van der Waals surface area contributed by atoms with Crippen molar-refractivity contribution in [2.24, 2.45) is 11.7 Å². The zero-order chi connectivity index (χ0) is 13.3. The van der Waals surface area contributed by atoms with E-state index < -0.39 is 46.6 Å². The van der Waals surface area contributed by atoms with Gasteiger partial charge >= 0.3 is 0 Å². The summed E-state index contributed by atoms with van der Waals surface area (Å²) in [6.45, 7) is 3.28. The maximum atomic E-state index is 13.3. The summed E-state index contributed by atoms with van der Waals surface area (Å²) in [6, 6.07) is -1.23. The molecule has 0 heterocycles. The highest BCUT2D eigenvalue weighted by Crippen LogP contribution is 2.30. The van der Waals surface area contributed by atoms with Gasteiger partial charge in [0.15, 0.2) is 23.3 Å². The van der Waals surface area contributed by atoms with Crippen LogP contribution in [-0.4, -0.2) is 0 Å². The minimum Gasteiger partial charge on any atom is -0.324 e. The largest absolute Gasteiger partial charge is 0.324 e. The number of nitrogens with two attached hydrogens (primary N) is 1. The Balaban J connectivity index is 3.44. The van der Waals surface area contributed by atoms with Crippen molar-refractivity contribution in [3.63, 3.8) is 0 Å². The molecule has 0 aliphatic rings. The van der Waals surface area contributed by atoms with E-state index in [1.165, 1.54) is 0 Å². The number of benzene rings is 1. The lowest BCUT2D eigenvalue weighted by molar-refractivity contribution is 0.346. The van der Waals surface area contributed by atoms with Crippen LogP contribution in [0.15, 0.2) is 0 Å². The fourth-order valence-corrected chi connectivity index (χ4v) is 1.45. The summed E-state index contributed by atoms with van der Waals surface area (Å²) in [6.07, 6.45) is 0.459. The van der Waals surface area contributed by atoms with E-state index in [9.17, 15) is 22.0 Å². The number of hydrogen-bond donors (Lipinski definition) is 1. The van der Waals surface area contributed by atoms with Crippen LogP contribution in [0, 0.1) is 35.0 Å². The van der Waals surface area contributed by atoms with Gasteiger partial charge in [-0.3, -0.25) is 0 Å². The van der Waals surface area contributed by atoms with Gasteiger partial charge in [0.2, 0.25) is 5.82 Å². The van der Waals surface area contributed by atoms with Crippen LogP contribution in [0.3, 0.4) is 0 Å². The van der Waals surface area contributed by atoms with E-state index in [0.717, 1.165) is 0 Å². The summed E-state index contributed by atoms with van der Waals surface area (Å²) in [7, 11) is 0. The van der Waals surface area contributed by atoms with Crippen molar-refractivity contribution in [3.8, 4) is 0 Å². The van der Waals surface area contributed by atoms with Crippen molar-refractivity contribution in [2.45, 2.75) is 26.3 Å². The van der Waals surface area contributed by atoms with Gasteiger partial charge in [-0.25, -0.2) is 22.0 Å². The Kier molecular flexibility index (Phi) is 4.08. The normalized spacial score (nSPS) is 14.8. The van der Waals surface area contributed by atoms with E-state index in [-0.39, 0.29) is 0 Å². The second-order valence-electron chi connectivity index (χ2n) is 3.89. The lowest BCUT2D eigenvalue weighted by atomic mass is 9.92. The lowest BCUT2D eigenvalue weighted by Gasteiger charge is -2.20. The average molecular weight is 253 g/mol. The molecule has 0 bridgehead atoms. The maximum absolute atomic E-state index is 13.3. The zero-order valence-corrected chi connectivity index (χ0v) is 9.33. The summed E-state index contributed by atoms with van der Waals surface area (Å²) in [5.74, 6) is -10.2. The number of hydrogen-bond acceptors (Lipinski definition) is 1. The first-order chi connectivity index (χ1) is 7.82. The molecule has 1 nitrogen and oxygen atoms in total. The van der Waals surface area contributed by atoms with Crippen LogP contribution < -0.4 is 5.73 Å². The van der Waals surface area contributed by atoms with Gasteiger partial charge in [0.25, 0.3) is 0 Å². The van der Waals surface area contributed by atoms with Crippen molar-refractivity contribution in [1.82, 2.24) is 0 Å². The Hall–Kier alpha value is -1.17. The summed E-state index contributed by atoms with van der Waals surface area (Å²) < 4.78 is 65.3. The van der Waals surface area contributed by atoms with Gasteiger partial charge in [0.1, 0.15) is 0 Å². The van der Waals surface area contributed by atoms with Gasteiger partial charge in [0, 0.05) is 11.6 Å². The third-order valence-electron chi connectivity index (χ3n) is 2.83. The predicted octanol–water partition coefficient (Wildman–Crippen LogP) is 3.43. The predicted molar refractivity (Wildman–Crippen MR) is 52.6 cm³/mol. The standard InChI is InChI=1S/C11H12F5N/c1-3-4(2)11(17)5-6(12)8(14)10(16)9(15)7(5)13/h4,11H,3,17H2,1-2H3. The molecule has 0 saturated carbocycles. The molecular weight excluding hydrogens is 241 g/mol. The first-order valence-corrected chi connectivity index (χ1v) is 5.09. The van der Waals surface area contributed by atoms with Crippen LogP contribution in [0.25, 0.3) is 0 Å². The Bertz CT molecular complexity index is 403. The van der Waals surface area contributed by atoms with Gasteiger partial charge in [-0.15, -0.1) is 0 Å². The minimum absolute atomic E-state index is 0.400. The Morgan fingerprint density at radius 3 is 1.59 bits per heavy atom. The molecule has 0 aliphatic carbocycles. The van der Waals surface area contributed by atoms with Crippen molar-refractivity contribution < 1.29 is 22.0 Å². The van der Waals surface area contributed by atoms with Gasteiger partial charge in [-0.1, -0.05) is 20.3 Å².